The van der Waals surface area contributed by atoms with E-state index in [1.165, 1.54) is 276 Å². The fraction of sp³-hybridized carbons (Fsp3) is 0.953. The van der Waals surface area contributed by atoms with E-state index >= 15 is 0 Å². The zero-order valence-corrected chi connectivity index (χ0v) is 70.0. The first-order valence-electron chi connectivity index (χ1n) is 44.1. The number of phosphoric acid groups is 2. The van der Waals surface area contributed by atoms with Gasteiger partial charge in [0.05, 0.1) is 26.4 Å². The molecular weight excluding hydrogens is 1350 g/mol. The van der Waals surface area contributed by atoms with E-state index in [0.717, 1.165) is 96.3 Å². The summed E-state index contributed by atoms with van der Waals surface area (Å²) >= 11 is 0. The summed E-state index contributed by atoms with van der Waals surface area (Å²) in [6, 6.07) is 0. The Morgan fingerprint density at radius 1 is 0.260 bits per heavy atom. The van der Waals surface area contributed by atoms with Crippen LogP contribution in [0.3, 0.4) is 0 Å². The zero-order chi connectivity index (χ0) is 76.2. The molecule has 3 N–H and O–H groups in total. The maximum absolute atomic E-state index is 13.1. The van der Waals surface area contributed by atoms with Gasteiger partial charge < -0.3 is 33.8 Å². The molecule has 0 aliphatic rings. The van der Waals surface area contributed by atoms with Gasteiger partial charge in [0.2, 0.25) is 0 Å². The number of carbonyl (C=O) groups excluding carboxylic acids is 4. The van der Waals surface area contributed by atoms with E-state index in [1.54, 1.807) is 0 Å². The molecule has 0 aliphatic carbocycles. The number of esters is 4. The number of hydrogen-bond acceptors (Lipinski definition) is 15. The quantitative estimate of drug-likeness (QED) is 0.0222. The van der Waals surface area contributed by atoms with Crippen LogP contribution in [0.2, 0.25) is 0 Å². The summed E-state index contributed by atoms with van der Waals surface area (Å²) in [5.41, 5.74) is 0. The van der Waals surface area contributed by atoms with Crippen molar-refractivity contribution in [2.75, 3.05) is 39.6 Å². The highest BCUT2D eigenvalue weighted by molar-refractivity contribution is 7.47. The molecule has 0 radical (unpaired) electrons. The van der Waals surface area contributed by atoms with E-state index in [1.807, 2.05) is 0 Å². The Labute approximate surface area is 638 Å². The van der Waals surface area contributed by atoms with Crippen LogP contribution in [-0.2, 0) is 65.4 Å². The minimum absolute atomic E-state index is 0.107. The van der Waals surface area contributed by atoms with Gasteiger partial charge in [0.15, 0.2) is 12.2 Å². The molecule has 2 unspecified atom stereocenters. The van der Waals surface area contributed by atoms with Gasteiger partial charge in [0.1, 0.15) is 19.3 Å². The number of hydrogen-bond donors (Lipinski definition) is 3. The van der Waals surface area contributed by atoms with E-state index in [-0.39, 0.29) is 25.7 Å². The van der Waals surface area contributed by atoms with Crippen molar-refractivity contribution in [3.63, 3.8) is 0 Å². The van der Waals surface area contributed by atoms with E-state index in [4.69, 9.17) is 37.0 Å². The summed E-state index contributed by atoms with van der Waals surface area (Å²) in [5, 5.41) is 10.7. The maximum Gasteiger partial charge on any atom is 0.472 e. The molecule has 0 fully saturated rings. The van der Waals surface area contributed by atoms with Crippen LogP contribution < -0.4 is 0 Å². The fourth-order valence-corrected chi connectivity index (χ4v) is 14.9. The molecule has 0 saturated heterocycles. The molecule has 0 saturated carbocycles. The molecule has 5 atom stereocenters. The van der Waals surface area contributed by atoms with Gasteiger partial charge in [-0.1, -0.05) is 407 Å². The first-order chi connectivity index (χ1) is 50.5. The number of carbonyl (C=O) groups is 4. The zero-order valence-electron chi connectivity index (χ0n) is 68.2. The van der Waals surface area contributed by atoms with E-state index in [0.29, 0.717) is 31.6 Å². The van der Waals surface area contributed by atoms with E-state index in [9.17, 15) is 43.2 Å². The first-order valence-corrected chi connectivity index (χ1v) is 47.1. The molecule has 0 heterocycles. The van der Waals surface area contributed by atoms with Crippen LogP contribution >= 0.6 is 15.6 Å². The lowest BCUT2D eigenvalue weighted by molar-refractivity contribution is -0.161. The molecule has 0 aromatic carbocycles. The third kappa shape index (κ3) is 78.2. The Bertz CT molecular complexity index is 1980. The summed E-state index contributed by atoms with van der Waals surface area (Å²) in [4.78, 5) is 73.1. The Kier molecular flexibility index (Phi) is 76.3. The van der Waals surface area contributed by atoms with Crippen LogP contribution in [0.25, 0.3) is 0 Å². The number of phosphoric ester groups is 2. The lowest BCUT2D eigenvalue weighted by Crippen LogP contribution is -2.30. The van der Waals surface area contributed by atoms with Gasteiger partial charge in [-0.05, 0) is 31.6 Å². The largest absolute Gasteiger partial charge is 0.472 e. The van der Waals surface area contributed by atoms with Crippen molar-refractivity contribution in [1.29, 1.82) is 0 Å². The van der Waals surface area contributed by atoms with Crippen molar-refractivity contribution in [3.8, 4) is 0 Å². The predicted molar refractivity (Wildman–Crippen MR) is 428 cm³/mol. The van der Waals surface area contributed by atoms with Crippen molar-refractivity contribution in [2.24, 2.45) is 5.92 Å². The van der Waals surface area contributed by atoms with E-state index in [2.05, 4.69) is 34.6 Å². The Morgan fingerprint density at radius 2 is 0.442 bits per heavy atom. The highest BCUT2D eigenvalue weighted by atomic mass is 31.2. The monoisotopic (exact) mass is 1520 g/mol. The second-order valence-corrected chi connectivity index (χ2v) is 34.0. The van der Waals surface area contributed by atoms with Crippen molar-refractivity contribution < 1.29 is 80.2 Å². The number of ether oxygens (including phenoxy) is 4. The van der Waals surface area contributed by atoms with Crippen molar-refractivity contribution in [2.45, 2.75) is 477 Å². The van der Waals surface area contributed by atoms with Crippen molar-refractivity contribution in [3.05, 3.63) is 0 Å². The molecule has 0 spiro atoms. The molecular formula is C85H166O17P2. The lowest BCUT2D eigenvalue weighted by Gasteiger charge is -2.21. The second-order valence-electron chi connectivity index (χ2n) is 31.1. The average Bonchev–Trinajstić information content (AvgIpc) is 0.958. The number of rotatable bonds is 85. The standard InChI is InChI=1S/C85H166O17P2/c1-6-9-12-15-18-21-24-27-30-32-34-36-38-40-42-45-48-51-54-61-66-71-84(89)101-80(74-95-82(87)68-63-58-52-49-46-44-41-39-37-35-33-31-28-25-22-19-16-13-10-7-2)76-99-103(91,92)97-72-79(86)73-98-104(93,94)100-77-81(75-96-83(88)69-64-59-56-55-57-62-67-78(4)5)102-85(90)70-65-60-53-50-47-43-29-26-23-20-17-14-11-8-3/h78-81,86H,6-77H2,1-5H3,(H,91,92)(H,93,94)/t79-,80-,81-/m1/s1. The topological polar surface area (TPSA) is 237 Å². The van der Waals surface area contributed by atoms with Gasteiger partial charge in [-0.3, -0.25) is 37.3 Å². The Morgan fingerprint density at radius 3 is 0.654 bits per heavy atom. The van der Waals surface area contributed by atoms with Gasteiger partial charge in [0.25, 0.3) is 0 Å². The molecule has 618 valence electrons. The second kappa shape index (κ2) is 77.8. The van der Waals surface area contributed by atoms with Gasteiger partial charge in [-0.15, -0.1) is 0 Å². The normalized spacial score (nSPS) is 13.8. The van der Waals surface area contributed by atoms with Crippen LogP contribution in [0.4, 0.5) is 0 Å². The minimum atomic E-state index is -4.96. The van der Waals surface area contributed by atoms with Crippen LogP contribution in [0.5, 0.6) is 0 Å². The third-order valence-corrected chi connectivity index (χ3v) is 21.9. The molecule has 17 nitrogen and oxygen atoms in total. The van der Waals surface area contributed by atoms with Gasteiger partial charge in [-0.25, -0.2) is 9.13 Å². The highest BCUT2D eigenvalue weighted by Crippen LogP contribution is 2.45. The van der Waals surface area contributed by atoms with E-state index < -0.39 is 97.5 Å². The summed E-state index contributed by atoms with van der Waals surface area (Å²) in [6.07, 6.45) is 71.1. The molecule has 0 aliphatic heterocycles. The molecule has 0 bridgehead atoms. The van der Waals surface area contributed by atoms with Crippen molar-refractivity contribution in [1.82, 2.24) is 0 Å². The summed E-state index contributed by atoms with van der Waals surface area (Å²) in [5.74, 6) is -1.42. The lowest BCUT2D eigenvalue weighted by atomic mass is 10.0. The molecule has 19 heteroatoms. The summed E-state index contributed by atoms with van der Waals surface area (Å²) in [6.45, 7) is 7.27. The SMILES string of the molecule is CCCCCCCCCCCCCCCCCCCCCCCC(=O)O[C@H](COC(=O)CCCCCCCCCCCCCCCCCCCCCC)COP(=O)(O)OC[C@@H](O)COP(=O)(O)OC[C@@H](COC(=O)CCCCCCCCC(C)C)OC(=O)CCCCCCCCCCCCCCCC. The Hall–Kier alpha value is -1.94. The van der Waals surface area contributed by atoms with Crippen LogP contribution in [0, 0.1) is 5.92 Å². The predicted octanol–water partition coefficient (Wildman–Crippen LogP) is 26.0. The van der Waals surface area contributed by atoms with Gasteiger partial charge in [0, 0.05) is 25.7 Å². The molecule has 0 aromatic heterocycles. The molecule has 104 heavy (non-hydrogen) atoms. The van der Waals surface area contributed by atoms with Gasteiger partial charge in [-0.2, -0.15) is 0 Å². The van der Waals surface area contributed by atoms with Crippen LogP contribution in [0.1, 0.15) is 458 Å². The minimum Gasteiger partial charge on any atom is -0.462 e. The Balaban J connectivity index is 5.20. The number of aliphatic hydroxyl groups is 1. The maximum atomic E-state index is 13.1. The number of aliphatic hydroxyl groups excluding tert-OH is 1. The van der Waals surface area contributed by atoms with Crippen LogP contribution in [0.15, 0.2) is 0 Å². The molecule has 0 aromatic rings. The first kappa shape index (κ1) is 102. The fourth-order valence-electron chi connectivity index (χ4n) is 13.3. The van der Waals surface area contributed by atoms with Gasteiger partial charge >= 0.3 is 39.5 Å². The highest BCUT2D eigenvalue weighted by Gasteiger charge is 2.30. The summed E-state index contributed by atoms with van der Waals surface area (Å²) in [7, 11) is -9.92. The third-order valence-electron chi connectivity index (χ3n) is 20.0. The average molecular weight is 1520 g/mol. The molecule has 0 rings (SSSR count). The number of unbranched alkanes of at least 4 members (excludes halogenated alkanes) is 57. The summed E-state index contributed by atoms with van der Waals surface area (Å²) < 4.78 is 68.8. The van der Waals surface area contributed by atoms with Crippen molar-refractivity contribution >= 4 is 39.5 Å². The van der Waals surface area contributed by atoms with Crippen LogP contribution in [-0.4, -0.2) is 96.7 Å². The molecule has 0 amide bonds. The smallest absolute Gasteiger partial charge is 0.462 e.